The average Bonchev–Trinajstić information content (AvgIpc) is 3.26. The second kappa shape index (κ2) is 9.47. The van der Waals surface area contributed by atoms with Crippen LogP contribution in [0.3, 0.4) is 0 Å². The topological polar surface area (TPSA) is 97.6 Å². The normalized spacial score (nSPS) is 10.4. The lowest BCUT2D eigenvalue weighted by atomic mass is 10.1. The number of amides is 2. The summed E-state index contributed by atoms with van der Waals surface area (Å²) in [5.74, 6) is -1.62. The molecule has 0 aliphatic rings. The number of benzene rings is 2. The lowest BCUT2D eigenvalue weighted by molar-refractivity contribution is -0.119. The smallest absolute Gasteiger partial charge is 0.338 e. The molecule has 2 N–H and O–H groups in total. The Labute approximate surface area is 181 Å². The van der Waals surface area contributed by atoms with Gasteiger partial charge >= 0.3 is 5.97 Å². The van der Waals surface area contributed by atoms with Gasteiger partial charge in [-0.25, -0.2) is 4.79 Å². The fourth-order valence-electron chi connectivity index (χ4n) is 2.48. The zero-order valence-electron chi connectivity index (χ0n) is 15.7. The Morgan fingerprint density at radius 3 is 2.53 bits per heavy atom. The van der Waals surface area contributed by atoms with E-state index in [4.69, 9.17) is 32.4 Å². The van der Waals surface area contributed by atoms with Crippen LogP contribution in [0.15, 0.2) is 59.2 Å². The van der Waals surface area contributed by atoms with Gasteiger partial charge in [-0.05, 0) is 48.9 Å². The number of halogens is 2. The summed E-state index contributed by atoms with van der Waals surface area (Å²) in [7, 11) is 0. The van der Waals surface area contributed by atoms with Crippen molar-refractivity contribution in [3.05, 3.63) is 81.7 Å². The molecule has 3 aromatic rings. The Morgan fingerprint density at radius 2 is 1.80 bits per heavy atom. The van der Waals surface area contributed by atoms with Crippen LogP contribution in [0.4, 0.5) is 11.4 Å². The maximum Gasteiger partial charge on any atom is 0.338 e. The van der Waals surface area contributed by atoms with Gasteiger partial charge in [-0.3, -0.25) is 9.59 Å². The molecule has 0 unspecified atom stereocenters. The van der Waals surface area contributed by atoms with Gasteiger partial charge in [-0.2, -0.15) is 0 Å². The molecule has 0 aliphatic heterocycles. The maximum absolute atomic E-state index is 12.3. The van der Waals surface area contributed by atoms with Crippen molar-refractivity contribution >= 4 is 52.4 Å². The molecule has 154 valence electrons. The summed E-state index contributed by atoms with van der Waals surface area (Å²) in [6.45, 7) is 1.25. The van der Waals surface area contributed by atoms with Crippen LogP contribution in [0.5, 0.6) is 0 Å². The molecule has 0 bridgehead atoms. The van der Waals surface area contributed by atoms with Gasteiger partial charge in [0.2, 0.25) is 0 Å². The summed E-state index contributed by atoms with van der Waals surface area (Å²) in [6.07, 6.45) is 1.39. The zero-order chi connectivity index (χ0) is 21.7. The summed E-state index contributed by atoms with van der Waals surface area (Å²) < 4.78 is 10.1. The van der Waals surface area contributed by atoms with Gasteiger partial charge < -0.3 is 19.8 Å². The van der Waals surface area contributed by atoms with Crippen molar-refractivity contribution in [3.63, 3.8) is 0 Å². The molecule has 3 rings (SSSR count). The molecule has 2 aromatic carbocycles. The predicted molar refractivity (Wildman–Crippen MR) is 113 cm³/mol. The number of rotatable bonds is 6. The molecular weight excluding hydrogens is 431 g/mol. The van der Waals surface area contributed by atoms with Crippen molar-refractivity contribution in [2.75, 3.05) is 17.2 Å². The van der Waals surface area contributed by atoms with Crippen molar-refractivity contribution in [1.29, 1.82) is 0 Å². The zero-order valence-corrected chi connectivity index (χ0v) is 17.2. The van der Waals surface area contributed by atoms with Crippen LogP contribution in [0.1, 0.15) is 26.5 Å². The number of esters is 1. The predicted octanol–water partition coefficient (Wildman–Crippen LogP) is 4.94. The van der Waals surface area contributed by atoms with Crippen LogP contribution in [-0.2, 0) is 9.53 Å². The van der Waals surface area contributed by atoms with Crippen LogP contribution >= 0.6 is 23.2 Å². The highest BCUT2D eigenvalue weighted by molar-refractivity contribution is 6.44. The number of anilines is 2. The summed E-state index contributed by atoms with van der Waals surface area (Å²) >= 11 is 11.9. The number of hydrogen-bond acceptors (Lipinski definition) is 5. The molecule has 7 nitrogen and oxygen atoms in total. The molecular formula is C21H16Cl2N2O5. The lowest BCUT2D eigenvalue weighted by Gasteiger charge is -2.11. The van der Waals surface area contributed by atoms with E-state index in [1.807, 2.05) is 0 Å². The number of carbonyl (C=O) groups is 3. The molecule has 0 spiro atoms. The van der Waals surface area contributed by atoms with Crippen LogP contribution in [0.2, 0.25) is 10.0 Å². The first-order chi connectivity index (χ1) is 14.3. The molecule has 0 radical (unpaired) electrons. The quantitative estimate of drug-likeness (QED) is 0.522. The number of ether oxygens (including phenoxy) is 1. The van der Waals surface area contributed by atoms with E-state index in [1.165, 1.54) is 24.5 Å². The van der Waals surface area contributed by atoms with Crippen molar-refractivity contribution in [1.82, 2.24) is 0 Å². The first-order valence-electron chi connectivity index (χ1n) is 8.71. The highest BCUT2D eigenvalue weighted by atomic mass is 35.5. The Balaban J connectivity index is 1.62. The van der Waals surface area contributed by atoms with E-state index in [9.17, 15) is 14.4 Å². The Kier molecular flexibility index (Phi) is 6.76. The van der Waals surface area contributed by atoms with Gasteiger partial charge in [0.05, 0.1) is 27.6 Å². The van der Waals surface area contributed by atoms with Gasteiger partial charge in [0.1, 0.15) is 0 Å². The van der Waals surface area contributed by atoms with Crippen LogP contribution in [0.25, 0.3) is 0 Å². The summed E-state index contributed by atoms with van der Waals surface area (Å²) in [4.78, 5) is 36.5. The van der Waals surface area contributed by atoms with Crippen molar-refractivity contribution in [2.45, 2.75) is 6.92 Å². The number of aryl methyl sites for hydroxylation is 1. The minimum absolute atomic E-state index is 0.138. The van der Waals surface area contributed by atoms with Crippen LogP contribution < -0.4 is 10.6 Å². The third kappa shape index (κ3) is 5.20. The van der Waals surface area contributed by atoms with Crippen molar-refractivity contribution in [2.24, 2.45) is 0 Å². The standard InChI is InChI=1S/C21H16Cl2N2O5/c1-12-7-8-13(10-16(12)25-20(27)17-6-3-9-29-17)21(28)30-11-18(26)24-15-5-2-4-14(22)19(15)23/h2-10H,11H2,1H3,(H,24,26)(H,25,27). The molecule has 0 saturated carbocycles. The first kappa shape index (κ1) is 21.4. The second-order valence-corrected chi connectivity index (χ2v) is 6.97. The van der Waals surface area contributed by atoms with E-state index in [1.54, 1.807) is 37.3 Å². The molecule has 9 heteroatoms. The summed E-state index contributed by atoms with van der Waals surface area (Å²) in [6, 6.07) is 12.5. The van der Waals surface area contributed by atoms with Crippen molar-refractivity contribution in [3.8, 4) is 0 Å². The fourth-order valence-corrected chi connectivity index (χ4v) is 2.82. The van der Waals surface area contributed by atoms with E-state index < -0.39 is 24.4 Å². The molecule has 1 aromatic heterocycles. The minimum atomic E-state index is -0.726. The monoisotopic (exact) mass is 446 g/mol. The van der Waals surface area contributed by atoms with Gasteiger partial charge in [-0.15, -0.1) is 0 Å². The second-order valence-electron chi connectivity index (χ2n) is 6.19. The van der Waals surface area contributed by atoms with Gasteiger partial charge in [0, 0.05) is 5.69 Å². The molecule has 0 atom stereocenters. The minimum Gasteiger partial charge on any atom is -0.459 e. The lowest BCUT2D eigenvalue weighted by Crippen LogP contribution is -2.21. The van der Waals surface area contributed by atoms with Crippen molar-refractivity contribution < 1.29 is 23.5 Å². The van der Waals surface area contributed by atoms with Gasteiger partial charge in [0.25, 0.3) is 11.8 Å². The van der Waals surface area contributed by atoms with Crippen LogP contribution in [0, 0.1) is 6.92 Å². The first-order valence-corrected chi connectivity index (χ1v) is 9.47. The molecule has 0 saturated heterocycles. The molecule has 1 heterocycles. The Hall–Kier alpha value is -3.29. The number of furan rings is 1. The molecule has 30 heavy (non-hydrogen) atoms. The van der Waals surface area contributed by atoms with E-state index >= 15 is 0 Å². The summed E-state index contributed by atoms with van der Waals surface area (Å²) in [5.41, 5.74) is 1.63. The van der Waals surface area contributed by atoms with E-state index in [0.29, 0.717) is 11.4 Å². The van der Waals surface area contributed by atoms with E-state index in [0.717, 1.165) is 5.56 Å². The largest absolute Gasteiger partial charge is 0.459 e. The highest BCUT2D eigenvalue weighted by Gasteiger charge is 2.15. The van der Waals surface area contributed by atoms with Gasteiger partial charge in [-0.1, -0.05) is 35.3 Å². The van der Waals surface area contributed by atoms with Crippen LogP contribution in [-0.4, -0.2) is 24.4 Å². The summed E-state index contributed by atoms with van der Waals surface area (Å²) in [5, 5.41) is 5.67. The Morgan fingerprint density at radius 1 is 1.00 bits per heavy atom. The maximum atomic E-state index is 12.3. The SMILES string of the molecule is Cc1ccc(C(=O)OCC(=O)Nc2cccc(Cl)c2Cl)cc1NC(=O)c1ccco1. The highest BCUT2D eigenvalue weighted by Crippen LogP contribution is 2.29. The Bertz CT molecular complexity index is 1100. The molecule has 2 amide bonds. The third-order valence-electron chi connectivity index (χ3n) is 4.03. The molecule has 0 aliphatic carbocycles. The average molecular weight is 447 g/mol. The molecule has 0 fully saturated rings. The van der Waals surface area contributed by atoms with E-state index in [-0.39, 0.29) is 21.4 Å². The number of nitrogens with one attached hydrogen (secondary N) is 2. The number of hydrogen-bond donors (Lipinski definition) is 2. The van der Waals surface area contributed by atoms with E-state index in [2.05, 4.69) is 10.6 Å². The fraction of sp³-hybridized carbons (Fsp3) is 0.0952. The number of carbonyl (C=O) groups excluding carboxylic acids is 3. The third-order valence-corrected chi connectivity index (χ3v) is 4.85. The van der Waals surface area contributed by atoms with Gasteiger partial charge in [0.15, 0.2) is 12.4 Å².